The van der Waals surface area contributed by atoms with E-state index in [0.29, 0.717) is 0 Å². The third-order valence-corrected chi connectivity index (χ3v) is 3.79. The van der Waals surface area contributed by atoms with Crippen molar-refractivity contribution in [2.24, 2.45) is 0 Å². The lowest BCUT2D eigenvalue weighted by Gasteiger charge is -2.23. The largest absolute Gasteiger partial charge is 0.395 e. The van der Waals surface area contributed by atoms with E-state index in [0.717, 1.165) is 0 Å². The second-order valence-corrected chi connectivity index (χ2v) is 6.01. The molecular formula is C8H19NO4S. The van der Waals surface area contributed by atoms with Gasteiger partial charge in [-0.1, -0.05) is 0 Å². The number of nitrogens with one attached hydrogen (secondary N) is 1. The molecule has 0 aliphatic rings. The minimum absolute atomic E-state index is 0.191. The van der Waals surface area contributed by atoms with E-state index in [1.807, 2.05) is 0 Å². The number of hydrogen-bond donors (Lipinski definition) is 2. The lowest BCUT2D eigenvalue weighted by atomic mass is 10.1. The standard InChI is InChI=1S/C8H19NO4S/c1-7(5-10)14(11,12)9-6-8(2,3)13-4/h7,9-10H,5-6H2,1-4H3. The van der Waals surface area contributed by atoms with Crippen molar-refractivity contribution >= 4 is 10.0 Å². The van der Waals surface area contributed by atoms with Gasteiger partial charge in [-0.05, 0) is 20.8 Å². The fourth-order valence-electron chi connectivity index (χ4n) is 0.587. The Hall–Kier alpha value is -0.170. The first kappa shape index (κ1) is 13.8. The summed E-state index contributed by atoms with van der Waals surface area (Å²) < 4.78 is 30.2. The van der Waals surface area contributed by atoms with Gasteiger partial charge in [-0.2, -0.15) is 0 Å². The normalized spacial score (nSPS) is 15.5. The number of methoxy groups -OCH3 is 1. The molecule has 0 aromatic heterocycles. The molecule has 0 rings (SSSR count). The highest BCUT2D eigenvalue weighted by atomic mass is 32.2. The average molecular weight is 225 g/mol. The Morgan fingerprint density at radius 2 is 2.00 bits per heavy atom. The highest BCUT2D eigenvalue weighted by Crippen LogP contribution is 2.06. The van der Waals surface area contributed by atoms with Crippen LogP contribution in [-0.4, -0.2) is 44.6 Å². The van der Waals surface area contributed by atoms with Crippen molar-refractivity contribution in [3.05, 3.63) is 0 Å². The van der Waals surface area contributed by atoms with E-state index in [2.05, 4.69) is 4.72 Å². The molecule has 0 aliphatic carbocycles. The van der Waals surface area contributed by atoms with E-state index in [4.69, 9.17) is 9.84 Å². The fourth-order valence-corrected chi connectivity index (χ4v) is 1.62. The Labute approximate surface area is 85.5 Å². The van der Waals surface area contributed by atoms with Gasteiger partial charge in [0.2, 0.25) is 10.0 Å². The van der Waals surface area contributed by atoms with Gasteiger partial charge >= 0.3 is 0 Å². The van der Waals surface area contributed by atoms with Crippen LogP contribution >= 0.6 is 0 Å². The van der Waals surface area contributed by atoms with Crippen LogP contribution in [0.3, 0.4) is 0 Å². The minimum Gasteiger partial charge on any atom is -0.395 e. The maximum atomic E-state index is 11.4. The molecule has 6 heteroatoms. The van der Waals surface area contributed by atoms with E-state index in [1.54, 1.807) is 13.8 Å². The molecule has 0 heterocycles. The highest BCUT2D eigenvalue weighted by Gasteiger charge is 2.24. The number of rotatable bonds is 6. The topological polar surface area (TPSA) is 75.6 Å². The molecule has 2 N–H and O–H groups in total. The zero-order chi connectivity index (χ0) is 11.4. The summed E-state index contributed by atoms with van der Waals surface area (Å²) in [5.74, 6) is 0. The lowest BCUT2D eigenvalue weighted by Crippen LogP contribution is -2.43. The van der Waals surface area contributed by atoms with Gasteiger partial charge in [0.1, 0.15) is 0 Å². The SMILES string of the molecule is COC(C)(C)CNS(=O)(=O)C(C)CO. The van der Waals surface area contributed by atoms with Gasteiger partial charge in [0, 0.05) is 13.7 Å². The van der Waals surface area contributed by atoms with E-state index >= 15 is 0 Å². The third-order valence-electron chi connectivity index (χ3n) is 2.04. The number of aliphatic hydroxyl groups excluding tert-OH is 1. The van der Waals surface area contributed by atoms with Crippen LogP contribution in [0.4, 0.5) is 0 Å². The number of ether oxygens (including phenoxy) is 1. The summed E-state index contributed by atoms with van der Waals surface area (Å²) >= 11 is 0. The zero-order valence-corrected chi connectivity index (χ0v) is 9.89. The first-order valence-electron chi connectivity index (χ1n) is 4.39. The molecule has 0 spiro atoms. The summed E-state index contributed by atoms with van der Waals surface area (Å²) in [5, 5.41) is 7.91. The molecule has 1 unspecified atom stereocenters. The van der Waals surface area contributed by atoms with Crippen LogP contribution in [0, 0.1) is 0 Å². The van der Waals surface area contributed by atoms with Crippen LogP contribution in [-0.2, 0) is 14.8 Å². The van der Waals surface area contributed by atoms with Gasteiger partial charge < -0.3 is 9.84 Å². The molecule has 0 aliphatic heterocycles. The Kier molecular flexibility index (Phi) is 5.00. The van der Waals surface area contributed by atoms with Gasteiger partial charge in [0.15, 0.2) is 0 Å². The van der Waals surface area contributed by atoms with Crippen molar-refractivity contribution in [1.29, 1.82) is 0 Å². The van der Waals surface area contributed by atoms with E-state index in [9.17, 15) is 8.42 Å². The van der Waals surface area contributed by atoms with Crippen molar-refractivity contribution < 1.29 is 18.3 Å². The van der Waals surface area contributed by atoms with E-state index in [-0.39, 0.29) is 13.2 Å². The Balaban J connectivity index is 4.27. The average Bonchev–Trinajstić information content (AvgIpc) is 2.14. The Morgan fingerprint density at radius 3 is 2.36 bits per heavy atom. The first-order chi connectivity index (χ1) is 6.25. The van der Waals surface area contributed by atoms with Gasteiger partial charge in [-0.15, -0.1) is 0 Å². The molecule has 0 saturated carbocycles. The molecule has 0 fully saturated rings. The van der Waals surface area contributed by atoms with E-state index in [1.165, 1.54) is 14.0 Å². The second kappa shape index (κ2) is 5.06. The zero-order valence-electron chi connectivity index (χ0n) is 9.07. The first-order valence-corrected chi connectivity index (χ1v) is 5.94. The summed E-state index contributed by atoms with van der Waals surface area (Å²) in [5.41, 5.74) is -0.539. The summed E-state index contributed by atoms with van der Waals surface area (Å²) in [6, 6.07) is 0. The molecule has 0 radical (unpaired) electrons. The Bertz CT molecular complexity index is 261. The van der Waals surface area contributed by atoms with Crippen LogP contribution in [0.5, 0.6) is 0 Å². The third kappa shape index (κ3) is 4.36. The molecule has 0 amide bonds. The Morgan fingerprint density at radius 1 is 1.50 bits per heavy atom. The van der Waals surface area contributed by atoms with Gasteiger partial charge in [0.05, 0.1) is 17.5 Å². The van der Waals surface area contributed by atoms with Gasteiger partial charge in [-0.3, -0.25) is 0 Å². The van der Waals surface area contributed by atoms with Crippen LogP contribution < -0.4 is 4.72 Å². The molecule has 0 aromatic carbocycles. The molecule has 0 aromatic rings. The molecular weight excluding hydrogens is 206 g/mol. The van der Waals surface area contributed by atoms with Crippen molar-refractivity contribution in [2.45, 2.75) is 31.6 Å². The second-order valence-electron chi connectivity index (χ2n) is 3.82. The van der Waals surface area contributed by atoms with Crippen molar-refractivity contribution in [1.82, 2.24) is 4.72 Å². The molecule has 0 saturated heterocycles. The smallest absolute Gasteiger partial charge is 0.216 e. The summed E-state index contributed by atoms with van der Waals surface area (Å²) in [4.78, 5) is 0. The number of aliphatic hydroxyl groups is 1. The van der Waals surface area contributed by atoms with Crippen molar-refractivity contribution in [2.75, 3.05) is 20.3 Å². The van der Waals surface area contributed by atoms with Crippen LogP contribution in [0.25, 0.3) is 0 Å². The molecule has 86 valence electrons. The van der Waals surface area contributed by atoms with Crippen LogP contribution in [0.2, 0.25) is 0 Å². The number of hydrogen-bond acceptors (Lipinski definition) is 4. The highest BCUT2D eigenvalue weighted by molar-refractivity contribution is 7.90. The molecule has 1 atom stereocenters. The summed E-state index contributed by atoms with van der Waals surface area (Å²) in [6.07, 6.45) is 0. The summed E-state index contributed by atoms with van der Waals surface area (Å²) in [6.45, 7) is 4.80. The molecule has 0 bridgehead atoms. The monoisotopic (exact) mass is 225 g/mol. The van der Waals surface area contributed by atoms with Crippen LogP contribution in [0.15, 0.2) is 0 Å². The summed E-state index contributed by atoms with van der Waals surface area (Å²) in [7, 11) is -1.92. The van der Waals surface area contributed by atoms with Gasteiger partial charge in [0.25, 0.3) is 0 Å². The van der Waals surface area contributed by atoms with Crippen molar-refractivity contribution in [3.8, 4) is 0 Å². The van der Waals surface area contributed by atoms with Crippen LogP contribution in [0.1, 0.15) is 20.8 Å². The predicted octanol–water partition coefficient (Wildman–Crippen LogP) is -0.288. The molecule has 14 heavy (non-hydrogen) atoms. The van der Waals surface area contributed by atoms with Crippen molar-refractivity contribution in [3.63, 3.8) is 0 Å². The maximum Gasteiger partial charge on any atom is 0.216 e. The van der Waals surface area contributed by atoms with Gasteiger partial charge in [-0.25, -0.2) is 13.1 Å². The maximum absolute atomic E-state index is 11.4. The van der Waals surface area contributed by atoms with E-state index < -0.39 is 20.9 Å². The molecule has 5 nitrogen and oxygen atoms in total. The minimum atomic E-state index is -3.43. The fraction of sp³-hybridized carbons (Fsp3) is 1.00. The lowest BCUT2D eigenvalue weighted by molar-refractivity contribution is 0.0275. The predicted molar refractivity (Wildman–Crippen MR) is 54.6 cm³/mol. The number of sulfonamides is 1. The quantitative estimate of drug-likeness (QED) is 0.651.